The van der Waals surface area contributed by atoms with E-state index in [0.717, 1.165) is 5.56 Å². The number of aromatic nitrogens is 1. The highest BCUT2D eigenvalue weighted by molar-refractivity contribution is 7.89. The summed E-state index contributed by atoms with van der Waals surface area (Å²) in [6.45, 7) is 1.20. The second-order valence-electron chi connectivity index (χ2n) is 4.81. The molecule has 0 radical (unpaired) electrons. The molecule has 3 rings (SSSR count). The van der Waals surface area contributed by atoms with Crippen LogP contribution in [0.2, 0.25) is 0 Å². The van der Waals surface area contributed by atoms with E-state index >= 15 is 0 Å². The van der Waals surface area contributed by atoms with E-state index in [2.05, 4.69) is 9.71 Å². The molecule has 1 N–H and O–H groups in total. The summed E-state index contributed by atoms with van der Waals surface area (Å²) in [6, 6.07) is 8.35. The molecule has 7 heteroatoms. The Morgan fingerprint density at radius 1 is 1.14 bits per heavy atom. The van der Waals surface area contributed by atoms with Crippen LogP contribution in [-0.4, -0.2) is 33.2 Å². The third kappa shape index (κ3) is 3.37. The van der Waals surface area contributed by atoms with Gasteiger partial charge in [-0.2, -0.15) is 0 Å². The molecule has 2 aromatic rings. The zero-order valence-corrected chi connectivity index (χ0v) is 12.7. The van der Waals surface area contributed by atoms with Crippen LogP contribution in [-0.2, 0) is 16.4 Å². The van der Waals surface area contributed by atoms with Crippen LogP contribution in [0.3, 0.4) is 0 Å². The van der Waals surface area contributed by atoms with Gasteiger partial charge >= 0.3 is 0 Å². The summed E-state index contributed by atoms with van der Waals surface area (Å²) < 4.78 is 37.9. The number of hydrogen-bond donors (Lipinski definition) is 1. The lowest BCUT2D eigenvalue weighted by Crippen LogP contribution is -2.26. The van der Waals surface area contributed by atoms with E-state index in [1.165, 1.54) is 12.1 Å². The van der Waals surface area contributed by atoms with Crippen molar-refractivity contribution in [3.05, 3.63) is 48.3 Å². The number of ether oxygens (including phenoxy) is 2. The van der Waals surface area contributed by atoms with Crippen LogP contribution in [0.5, 0.6) is 11.5 Å². The Hall–Kier alpha value is -2.12. The fourth-order valence-electron chi connectivity index (χ4n) is 2.15. The minimum atomic E-state index is -3.57. The zero-order chi connectivity index (χ0) is 15.4. The first-order chi connectivity index (χ1) is 10.6. The topological polar surface area (TPSA) is 77.5 Å². The van der Waals surface area contributed by atoms with Crippen LogP contribution < -0.4 is 14.2 Å². The van der Waals surface area contributed by atoms with Gasteiger partial charge in [-0.1, -0.05) is 6.07 Å². The number of fused-ring (bicyclic) bond motifs is 1. The van der Waals surface area contributed by atoms with E-state index in [0.29, 0.717) is 37.7 Å². The lowest BCUT2D eigenvalue weighted by Gasteiger charge is -2.18. The molecule has 22 heavy (non-hydrogen) atoms. The molecule has 0 fully saturated rings. The minimum absolute atomic E-state index is 0.169. The van der Waals surface area contributed by atoms with Gasteiger partial charge in [-0.05, 0) is 30.2 Å². The van der Waals surface area contributed by atoms with Crippen LogP contribution in [0.4, 0.5) is 0 Å². The standard InChI is InChI=1S/C15H16N2O4S/c18-22(19,17-7-5-12-2-1-6-16-11-12)13-3-4-14-15(10-13)21-9-8-20-14/h1-4,6,10-11,17H,5,7-9H2. The molecule has 0 amide bonds. The van der Waals surface area contributed by atoms with Crippen LogP contribution in [0, 0.1) is 0 Å². The fraction of sp³-hybridized carbons (Fsp3) is 0.267. The molecule has 0 aliphatic carbocycles. The maximum Gasteiger partial charge on any atom is 0.240 e. The molecule has 0 saturated heterocycles. The van der Waals surface area contributed by atoms with Gasteiger partial charge in [0, 0.05) is 25.0 Å². The van der Waals surface area contributed by atoms with E-state index < -0.39 is 10.0 Å². The molecule has 0 bridgehead atoms. The Bertz CT molecular complexity index is 747. The molecule has 0 unspecified atom stereocenters. The Labute approximate surface area is 129 Å². The number of benzene rings is 1. The van der Waals surface area contributed by atoms with E-state index in [4.69, 9.17) is 9.47 Å². The smallest absolute Gasteiger partial charge is 0.240 e. The lowest BCUT2D eigenvalue weighted by molar-refractivity contribution is 0.171. The minimum Gasteiger partial charge on any atom is -0.486 e. The fourth-order valence-corrected chi connectivity index (χ4v) is 3.20. The highest BCUT2D eigenvalue weighted by Gasteiger charge is 2.18. The van der Waals surface area contributed by atoms with Crippen molar-refractivity contribution in [2.75, 3.05) is 19.8 Å². The maximum atomic E-state index is 12.3. The van der Waals surface area contributed by atoms with Crippen LogP contribution in [0.1, 0.15) is 5.56 Å². The quantitative estimate of drug-likeness (QED) is 0.900. The molecule has 1 aliphatic heterocycles. The summed E-state index contributed by atoms with van der Waals surface area (Å²) >= 11 is 0. The van der Waals surface area contributed by atoms with Crippen molar-refractivity contribution >= 4 is 10.0 Å². The number of nitrogens with zero attached hydrogens (tertiary/aromatic N) is 1. The van der Waals surface area contributed by atoms with Gasteiger partial charge in [-0.3, -0.25) is 4.98 Å². The van der Waals surface area contributed by atoms with Crippen LogP contribution in [0.15, 0.2) is 47.6 Å². The monoisotopic (exact) mass is 320 g/mol. The normalized spacial score (nSPS) is 13.8. The lowest BCUT2D eigenvalue weighted by atomic mass is 10.2. The first-order valence-corrected chi connectivity index (χ1v) is 8.42. The average molecular weight is 320 g/mol. The molecular weight excluding hydrogens is 304 g/mol. The van der Waals surface area contributed by atoms with Crippen molar-refractivity contribution < 1.29 is 17.9 Å². The van der Waals surface area contributed by atoms with Crippen molar-refractivity contribution in [3.63, 3.8) is 0 Å². The van der Waals surface area contributed by atoms with Crippen molar-refractivity contribution in [3.8, 4) is 11.5 Å². The molecule has 0 atom stereocenters. The van der Waals surface area contributed by atoms with E-state index in [1.54, 1.807) is 18.5 Å². The van der Waals surface area contributed by atoms with E-state index in [-0.39, 0.29) is 4.90 Å². The summed E-state index contributed by atoms with van der Waals surface area (Å²) in [4.78, 5) is 4.17. The second kappa shape index (κ2) is 6.33. The van der Waals surface area contributed by atoms with Gasteiger partial charge in [0.2, 0.25) is 10.0 Å². The Morgan fingerprint density at radius 3 is 2.73 bits per heavy atom. The van der Waals surface area contributed by atoms with Crippen LogP contribution in [0.25, 0.3) is 0 Å². The van der Waals surface area contributed by atoms with Gasteiger partial charge in [-0.25, -0.2) is 13.1 Å². The SMILES string of the molecule is O=S(=O)(NCCc1cccnc1)c1ccc2c(c1)OCCO2. The summed E-state index contributed by atoms with van der Waals surface area (Å²) in [6.07, 6.45) is 3.98. The van der Waals surface area contributed by atoms with Crippen molar-refractivity contribution in [1.29, 1.82) is 0 Å². The predicted molar refractivity (Wildman–Crippen MR) is 80.6 cm³/mol. The van der Waals surface area contributed by atoms with Crippen molar-refractivity contribution in [1.82, 2.24) is 9.71 Å². The highest BCUT2D eigenvalue weighted by Crippen LogP contribution is 2.32. The van der Waals surface area contributed by atoms with E-state index in [9.17, 15) is 8.42 Å². The molecule has 116 valence electrons. The molecule has 1 aromatic heterocycles. The van der Waals surface area contributed by atoms with Gasteiger partial charge in [0.25, 0.3) is 0 Å². The zero-order valence-electron chi connectivity index (χ0n) is 11.9. The van der Waals surface area contributed by atoms with Crippen LogP contribution >= 0.6 is 0 Å². The third-order valence-electron chi connectivity index (χ3n) is 3.25. The summed E-state index contributed by atoms with van der Waals surface area (Å²) in [7, 11) is -3.57. The Morgan fingerprint density at radius 2 is 1.95 bits per heavy atom. The van der Waals surface area contributed by atoms with E-state index in [1.807, 2.05) is 12.1 Å². The third-order valence-corrected chi connectivity index (χ3v) is 4.71. The number of hydrogen-bond acceptors (Lipinski definition) is 5. The largest absolute Gasteiger partial charge is 0.486 e. The first kappa shape index (κ1) is 14.8. The Balaban J connectivity index is 1.67. The number of sulfonamides is 1. The second-order valence-corrected chi connectivity index (χ2v) is 6.58. The van der Waals surface area contributed by atoms with Gasteiger partial charge in [0.1, 0.15) is 13.2 Å². The van der Waals surface area contributed by atoms with Gasteiger partial charge in [-0.15, -0.1) is 0 Å². The molecule has 2 heterocycles. The predicted octanol–water partition coefficient (Wildman–Crippen LogP) is 1.37. The first-order valence-electron chi connectivity index (χ1n) is 6.93. The molecular formula is C15H16N2O4S. The van der Waals surface area contributed by atoms with Gasteiger partial charge in [0.15, 0.2) is 11.5 Å². The summed E-state index contributed by atoms with van der Waals surface area (Å²) in [5.41, 5.74) is 0.979. The summed E-state index contributed by atoms with van der Waals surface area (Å²) in [5.74, 6) is 1.03. The number of pyridine rings is 1. The number of rotatable bonds is 5. The molecule has 1 aliphatic rings. The average Bonchev–Trinajstić information content (AvgIpc) is 2.55. The molecule has 6 nitrogen and oxygen atoms in total. The highest BCUT2D eigenvalue weighted by atomic mass is 32.2. The number of nitrogens with one attached hydrogen (secondary N) is 1. The van der Waals surface area contributed by atoms with Gasteiger partial charge < -0.3 is 9.47 Å². The molecule has 1 aromatic carbocycles. The van der Waals surface area contributed by atoms with Gasteiger partial charge in [0.05, 0.1) is 4.90 Å². The van der Waals surface area contributed by atoms with Crippen molar-refractivity contribution in [2.45, 2.75) is 11.3 Å². The molecule has 0 spiro atoms. The molecule has 0 saturated carbocycles. The maximum absolute atomic E-state index is 12.3. The summed E-state index contributed by atoms with van der Waals surface area (Å²) in [5, 5.41) is 0. The Kier molecular flexibility index (Phi) is 4.26. The van der Waals surface area contributed by atoms with Crippen molar-refractivity contribution in [2.24, 2.45) is 0 Å².